The molecule has 1 atom stereocenters. The third kappa shape index (κ3) is 2.71. The van der Waals surface area contributed by atoms with E-state index in [0.717, 1.165) is 0 Å². The van der Waals surface area contributed by atoms with Crippen LogP contribution in [0.1, 0.15) is 0 Å². The molecule has 0 unspecified atom stereocenters. The van der Waals surface area contributed by atoms with Gasteiger partial charge in [-0.3, -0.25) is 9.59 Å². The van der Waals surface area contributed by atoms with Gasteiger partial charge < -0.3 is 24.8 Å². The molecule has 2 aliphatic heterocycles. The normalized spacial score (nSPS) is 18.0. The van der Waals surface area contributed by atoms with Crippen LogP contribution in [0.4, 0.5) is 11.4 Å². The maximum absolute atomic E-state index is 12.4. The van der Waals surface area contributed by atoms with Crippen molar-refractivity contribution in [3.8, 4) is 17.2 Å². The van der Waals surface area contributed by atoms with E-state index in [0.29, 0.717) is 28.6 Å². The van der Waals surface area contributed by atoms with E-state index in [1.165, 1.54) is 0 Å². The summed E-state index contributed by atoms with van der Waals surface area (Å²) in [6.07, 6.45) is -0.748. The van der Waals surface area contributed by atoms with E-state index in [9.17, 15) is 9.59 Å². The largest absolute Gasteiger partial charge is 0.485 e. The second-order valence-electron chi connectivity index (χ2n) is 5.40. The van der Waals surface area contributed by atoms with Crippen LogP contribution in [0.15, 0.2) is 42.5 Å². The lowest BCUT2D eigenvalue weighted by atomic mass is 10.2. The van der Waals surface area contributed by atoms with Crippen molar-refractivity contribution < 1.29 is 23.8 Å². The molecule has 2 aromatic rings. The van der Waals surface area contributed by atoms with Crippen molar-refractivity contribution in [2.45, 2.75) is 6.10 Å². The Bertz CT molecular complexity index is 820. The summed E-state index contributed by atoms with van der Waals surface area (Å²) < 4.78 is 16.5. The van der Waals surface area contributed by atoms with Gasteiger partial charge in [0.15, 0.2) is 18.1 Å². The summed E-state index contributed by atoms with van der Waals surface area (Å²) >= 11 is 0. The van der Waals surface area contributed by atoms with Gasteiger partial charge >= 0.3 is 0 Å². The highest BCUT2D eigenvalue weighted by Crippen LogP contribution is 2.32. The van der Waals surface area contributed by atoms with Crippen molar-refractivity contribution in [1.29, 1.82) is 0 Å². The maximum atomic E-state index is 12.4. The second kappa shape index (κ2) is 5.77. The Morgan fingerprint density at radius 3 is 2.79 bits per heavy atom. The van der Waals surface area contributed by atoms with Crippen LogP contribution in [0, 0.1) is 0 Å². The first-order valence-electron chi connectivity index (χ1n) is 7.45. The molecule has 2 aliphatic rings. The number of para-hydroxylation sites is 2. The third-order valence-electron chi connectivity index (χ3n) is 3.68. The molecule has 4 rings (SSSR count). The number of carbonyl (C=O) groups excluding carboxylic acids is 2. The Kier molecular flexibility index (Phi) is 3.45. The molecule has 7 nitrogen and oxygen atoms in total. The van der Waals surface area contributed by atoms with Crippen molar-refractivity contribution in [3.05, 3.63) is 42.5 Å². The van der Waals surface area contributed by atoms with Crippen LogP contribution in [-0.2, 0) is 9.59 Å². The average molecular weight is 326 g/mol. The number of rotatable bonds is 2. The van der Waals surface area contributed by atoms with Crippen LogP contribution < -0.4 is 24.8 Å². The van der Waals surface area contributed by atoms with Crippen molar-refractivity contribution >= 4 is 23.2 Å². The number of hydrogen-bond acceptors (Lipinski definition) is 5. The van der Waals surface area contributed by atoms with E-state index in [4.69, 9.17) is 14.2 Å². The van der Waals surface area contributed by atoms with Crippen molar-refractivity contribution in [3.63, 3.8) is 0 Å². The lowest BCUT2D eigenvalue weighted by Crippen LogP contribution is -2.40. The van der Waals surface area contributed by atoms with Gasteiger partial charge in [-0.25, -0.2) is 0 Å². The summed E-state index contributed by atoms with van der Waals surface area (Å²) in [4.78, 5) is 23.7. The van der Waals surface area contributed by atoms with E-state index in [-0.39, 0.29) is 25.0 Å². The van der Waals surface area contributed by atoms with Gasteiger partial charge in [-0.2, -0.15) is 0 Å². The fourth-order valence-electron chi connectivity index (χ4n) is 2.53. The predicted octanol–water partition coefficient (Wildman–Crippen LogP) is 1.80. The summed E-state index contributed by atoms with van der Waals surface area (Å²) in [6, 6.07) is 12.2. The first-order chi connectivity index (χ1) is 11.7. The molecule has 0 fully saturated rings. The molecule has 0 aliphatic carbocycles. The molecule has 7 heteroatoms. The molecule has 2 aromatic carbocycles. The molecule has 2 heterocycles. The van der Waals surface area contributed by atoms with Crippen molar-refractivity contribution in [2.24, 2.45) is 0 Å². The average Bonchev–Trinajstić information content (AvgIpc) is 2.61. The van der Waals surface area contributed by atoms with Crippen LogP contribution in [0.2, 0.25) is 0 Å². The molecule has 2 amide bonds. The minimum absolute atomic E-state index is 0.00856. The predicted molar refractivity (Wildman–Crippen MR) is 85.5 cm³/mol. The quantitative estimate of drug-likeness (QED) is 0.879. The highest BCUT2D eigenvalue weighted by Gasteiger charge is 2.27. The SMILES string of the molecule is O=C1COc2ccc(NC(=O)[C@@H]3COc4ccccc4O3)cc2N1. The Morgan fingerprint density at radius 1 is 1.08 bits per heavy atom. The first kappa shape index (κ1) is 14.4. The van der Waals surface area contributed by atoms with Gasteiger partial charge in [0.1, 0.15) is 12.4 Å². The number of fused-ring (bicyclic) bond motifs is 2. The summed E-state index contributed by atoms with van der Waals surface area (Å²) in [6.45, 7) is 0.124. The smallest absolute Gasteiger partial charge is 0.269 e. The fourth-order valence-corrected chi connectivity index (χ4v) is 2.53. The zero-order chi connectivity index (χ0) is 16.5. The van der Waals surface area contributed by atoms with Crippen LogP contribution in [0.25, 0.3) is 0 Å². The molecule has 0 bridgehead atoms. The minimum Gasteiger partial charge on any atom is -0.485 e. The van der Waals surface area contributed by atoms with Gasteiger partial charge in [-0.15, -0.1) is 0 Å². The van der Waals surface area contributed by atoms with Crippen LogP contribution in [0.3, 0.4) is 0 Å². The van der Waals surface area contributed by atoms with E-state index in [1.807, 2.05) is 12.1 Å². The molecular formula is C17H14N2O5. The monoisotopic (exact) mass is 326 g/mol. The molecule has 122 valence electrons. The molecule has 0 saturated carbocycles. The molecule has 0 saturated heterocycles. The van der Waals surface area contributed by atoms with Gasteiger partial charge in [0.2, 0.25) is 6.10 Å². The van der Waals surface area contributed by atoms with Gasteiger partial charge in [0, 0.05) is 5.69 Å². The minimum atomic E-state index is -0.748. The number of ether oxygens (including phenoxy) is 3. The van der Waals surface area contributed by atoms with Gasteiger partial charge in [-0.05, 0) is 30.3 Å². The van der Waals surface area contributed by atoms with Gasteiger partial charge in [0.25, 0.3) is 11.8 Å². The maximum Gasteiger partial charge on any atom is 0.269 e. The Labute approximate surface area is 137 Å². The molecule has 0 spiro atoms. The number of anilines is 2. The van der Waals surface area contributed by atoms with Crippen LogP contribution in [0.5, 0.6) is 17.2 Å². The Hall–Kier alpha value is -3.22. The molecule has 24 heavy (non-hydrogen) atoms. The standard InChI is InChI=1S/C17H14N2O5/c20-16-9-23-12-6-5-10(7-11(12)19-16)18-17(21)15-8-22-13-3-1-2-4-14(13)24-15/h1-7,15H,8-9H2,(H,18,21)(H,19,20)/t15-/m0/s1. The van der Waals surface area contributed by atoms with Crippen molar-refractivity contribution in [1.82, 2.24) is 0 Å². The zero-order valence-corrected chi connectivity index (χ0v) is 12.6. The van der Waals surface area contributed by atoms with Gasteiger partial charge in [0.05, 0.1) is 5.69 Å². The summed E-state index contributed by atoms with van der Waals surface area (Å²) in [5, 5.41) is 5.45. The first-order valence-corrected chi connectivity index (χ1v) is 7.45. The summed E-state index contributed by atoms with van der Waals surface area (Å²) in [5.74, 6) is 1.17. The molecule has 0 radical (unpaired) electrons. The molecule has 2 N–H and O–H groups in total. The van der Waals surface area contributed by atoms with Crippen LogP contribution in [-0.4, -0.2) is 31.1 Å². The number of hydrogen-bond donors (Lipinski definition) is 2. The van der Waals surface area contributed by atoms with Gasteiger partial charge in [-0.1, -0.05) is 12.1 Å². The molecule has 0 aromatic heterocycles. The van der Waals surface area contributed by atoms with E-state index in [1.54, 1.807) is 30.3 Å². The highest BCUT2D eigenvalue weighted by atomic mass is 16.6. The van der Waals surface area contributed by atoms with Crippen LogP contribution >= 0.6 is 0 Å². The topological polar surface area (TPSA) is 85.9 Å². The lowest BCUT2D eigenvalue weighted by Gasteiger charge is -2.25. The lowest BCUT2D eigenvalue weighted by molar-refractivity contribution is -0.125. The number of nitrogens with one attached hydrogen (secondary N) is 2. The summed E-state index contributed by atoms with van der Waals surface area (Å²) in [7, 11) is 0. The van der Waals surface area contributed by atoms with E-state index < -0.39 is 6.10 Å². The second-order valence-corrected chi connectivity index (χ2v) is 5.40. The Morgan fingerprint density at radius 2 is 1.92 bits per heavy atom. The third-order valence-corrected chi connectivity index (χ3v) is 3.68. The Balaban J connectivity index is 1.47. The highest BCUT2D eigenvalue weighted by molar-refractivity contribution is 5.98. The number of amides is 2. The zero-order valence-electron chi connectivity index (χ0n) is 12.6. The molecular weight excluding hydrogens is 312 g/mol. The summed E-state index contributed by atoms with van der Waals surface area (Å²) in [5.41, 5.74) is 1.06. The number of benzene rings is 2. The fraction of sp³-hybridized carbons (Fsp3) is 0.176. The van der Waals surface area contributed by atoms with E-state index in [2.05, 4.69) is 10.6 Å². The number of carbonyl (C=O) groups is 2. The van der Waals surface area contributed by atoms with Crippen molar-refractivity contribution in [2.75, 3.05) is 23.8 Å². The van der Waals surface area contributed by atoms with E-state index >= 15 is 0 Å².